The Kier molecular flexibility index (Phi) is 5.67. The molecule has 1 aliphatic carbocycles. The van der Waals surface area contributed by atoms with Crippen molar-refractivity contribution in [2.75, 3.05) is 45.3 Å². The van der Waals surface area contributed by atoms with Crippen molar-refractivity contribution < 1.29 is 9.47 Å². The third kappa shape index (κ3) is 4.07. The summed E-state index contributed by atoms with van der Waals surface area (Å²) in [6.07, 6.45) is 4.73. The van der Waals surface area contributed by atoms with E-state index in [1.165, 1.54) is 35.5 Å². The molecule has 2 heterocycles. The predicted octanol–water partition coefficient (Wildman–Crippen LogP) is 3.00. The number of anilines is 1. The maximum Gasteiger partial charge on any atom is 0.135 e. The van der Waals surface area contributed by atoms with Gasteiger partial charge in [0.05, 0.1) is 14.2 Å². The molecule has 1 aromatic carbocycles. The van der Waals surface area contributed by atoms with Crippen molar-refractivity contribution in [3.63, 3.8) is 0 Å². The normalized spacial score (nSPS) is 17.3. The number of methoxy groups -OCH3 is 2. The number of aryl methyl sites for hydroxylation is 2. The fourth-order valence-corrected chi connectivity index (χ4v) is 4.29. The van der Waals surface area contributed by atoms with Crippen LogP contribution in [0.1, 0.15) is 35.5 Å². The molecule has 0 bridgehead atoms. The standard InChI is InChI=1S/C22H30N4O2/c1-16-23-21-7-5-4-6-20(21)22(24-16)26-10-8-25(9-11-26)15-17-12-18(27-2)14-19(13-17)28-3/h12-14H,4-11,15H2,1-3H3. The molecule has 1 aliphatic heterocycles. The zero-order valence-electron chi connectivity index (χ0n) is 17.2. The number of benzene rings is 1. The summed E-state index contributed by atoms with van der Waals surface area (Å²) in [4.78, 5) is 14.5. The van der Waals surface area contributed by atoms with Crippen LogP contribution in [0.15, 0.2) is 18.2 Å². The van der Waals surface area contributed by atoms with E-state index in [0.717, 1.165) is 62.9 Å². The van der Waals surface area contributed by atoms with Crippen LogP contribution in [0.3, 0.4) is 0 Å². The zero-order valence-corrected chi connectivity index (χ0v) is 17.2. The number of hydrogen-bond donors (Lipinski definition) is 0. The van der Waals surface area contributed by atoms with Crippen LogP contribution >= 0.6 is 0 Å². The molecule has 6 nitrogen and oxygen atoms in total. The first-order valence-electron chi connectivity index (χ1n) is 10.2. The molecule has 2 aromatic rings. The van der Waals surface area contributed by atoms with E-state index in [9.17, 15) is 0 Å². The number of fused-ring (bicyclic) bond motifs is 1. The largest absolute Gasteiger partial charge is 0.497 e. The summed E-state index contributed by atoms with van der Waals surface area (Å²) >= 11 is 0. The number of aromatic nitrogens is 2. The lowest BCUT2D eigenvalue weighted by Crippen LogP contribution is -2.46. The summed E-state index contributed by atoms with van der Waals surface area (Å²) in [5.74, 6) is 3.78. The van der Waals surface area contributed by atoms with Crippen LogP contribution < -0.4 is 14.4 Å². The van der Waals surface area contributed by atoms with Gasteiger partial charge in [0.15, 0.2) is 0 Å². The maximum atomic E-state index is 5.40. The molecule has 0 amide bonds. The van der Waals surface area contributed by atoms with Gasteiger partial charge in [0.25, 0.3) is 0 Å². The lowest BCUT2D eigenvalue weighted by Gasteiger charge is -2.37. The Balaban J connectivity index is 1.44. The van der Waals surface area contributed by atoms with Crippen LogP contribution in [0.4, 0.5) is 5.82 Å². The molecule has 0 atom stereocenters. The van der Waals surface area contributed by atoms with Crippen molar-refractivity contribution >= 4 is 5.82 Å². The number of nitrogens with zero attached hydrogens (tertiary/aromatic N) is 4. The summed E-state index contributed by atoms with van der Waals surface area (Å²) in [5.41, 5.74) is 3.89. The molecule has 6 heteroatoms. The van der Waals surface area contributed by atoms with Crippen molar-refractivity contribution in [3.05, 3.63) is 40.8 Å². The highest BCUT2D eigenvalue weighted by Gasteiger charge is 2.24. The van der Waals surface area contributed by atoms with E-state index in [-0.39, 0.29) is 0 Å². The van der Waals surface area contributed by atoms with E-state index in [4.69, 9.17) is 19.4 Å². The van der Waals surface area contributed by atoms with Gasteiger partial charge in [0.2, 0.25) is 0 Å². The van der Waals surface area contributed by atoms with Crippen molar-refractivity contribution in [2.45, 2.75) is 39.2 Å². The van der Waals surface area contributed by atoms with Crippen LogP contribution in [0.2, 0.25) is 0 Å². The lowest BCUT2D eigenvalue weighted by atomic mass is 9.96. The molecular weight excluding hydrogens is 352 g/mol. The topological polar surface area (TPSA) is 50.7 Å². The first-order chi connectivity index (χ1) is 13.7. The Morgan fingerprint density at radius 2 is 1.57 bits per heavy atom. The smallest absolute Gasteiger partial charge is 0.135 e. The zero-order chi connectivity index (χ0) is 19.5. The van der Waals surface area contributed by atoms with Crippen molar-refractivity contribution in [1.29, 1.82) is 0 Å². The molecule has 4 rings (SSSR count). The fourth-order valence-electron chi connectivity index (χ4n) is 4.29. The highest BCUT2D eigenvalue weighted by Crippen LogP contribution is 2.29. The quantitative estimate of drug-likeness (QED) is 0.792. The number of piperazine rings is 1. The van der Waals surface area contributed by atoms with Crippen LogP contribution in [0, 0.1) is 6.92 Å². The van der Waals surface area contributed by atoms with Crippen LogP contribution in [-0.4, -0.2) is 55.3 Å². The monoisotopic (exact) mass is 382 g/mol. The van der Waals surface area contributed by atoms with E-state index in [1.54, 1.807) is 14.2 Å². The first-order valence-corrected chi connectivity index (χ1v) is 10.2. The predicted molar refractivity (Wildman–Crippen MR) is 110 cm³/mol. The lowest BCUT2D eigenvalue weighted by molar-refractivity contribution is 0.248. The van der Waals surface area contributed by atoms with E-state index in [0.29, 0.717) is 0 Å². The summed E-state index contributed by atoms with van der Waals surface area (Å²) in [6.45, 7) is 6.98. The van der Waals surface area contributed by atoms with E-state index < -0.39 is 0 Å². The Morgan fingerprint density at radius 1 is 0.893 bits per heavy atom. The summed E-state index contributed by atoms with van der Waals surface area (Å²) in [5, 5.41) is 0. The van der Waals surface area contributed by atoms with Gasteiger partial charge in [-0.1, -0.05) is 0 Å². The van der Waals surface area contributed by atoms with Crippen LogP contribution in [0.5, 0.6) is 11.5 Å². The molecule has 0 spiro atoms. The molecule has 1 aromatic heterocycles. The Morgan fingerprint density at radius 3 is 2.25 bits per heavy atom. The second-order valence-electron chi connectivity index (χ2n) is 7.71. The number of rotatable bonds is 5. The maximum absolute atomic E-state index is 5.40. The van der Waals surface area contributed by atoms with Gasteiger partial charge in [-0.05, 0) is 50.3 Å². The van der Waals surface area contributed by atoms with E-state index >= 15 is 0 Å². The molecule has 1 fully saturated rings. The molecule has 1 saturated heterocycles. The van der Waals surface area contributed by atoms with Gasteiger partial charge >= 0.3 is 0 Å². The minimum atomic E-state index is 0.844. The van der Waals surface area contributed by atoms with E-state index in [2.05, 4.69) is 21.9 Å². The molecular formula is C22H30N4O2. The second kappa shape index (κ2) is 8.35. The fraction of sp³-hybridized carbons (Fsp3) is 0.545. The Hall–Kier alpha value is -2.34. The van der Waals surface area contributed by atoms with Gasteiger partial charge in [0.1, 0.15) is 23.1 Å². The van der Waals surface area contributed by atoms with Crippen molar-refractivity contribution in [2.24, 2.45) is 0 Å². The molecule has 28 heavy (non-hydrogen) atoms. The molecule has 0 radical (unpaired) electrons. The van der Waals surface area contributed by atoms with Gasteiger partial charge in [0, 0.05) is 50.0 Å². The van der Waals surface area contributed by atoms with Gasteiger partial charge in [-0.15, -0.1) is 0 Å². The molecule has 0 saturated carbocycles. The average molecular weight is 383 g/mol. The van der Waals surface area contributed by atoms with E-state index in [1.807, 2.05) is 13.0 Å². The Bertz CT molecular complexity index is 809. The average Bonchev–Trinajstić information content (AvgIpc) is 2.73. The third-order valence-electron chi connectivity index (χ3n) is 5.76. The molecule has 0 N–H and O–H groups in total. The van der Waals surface area contributed by atoms with Crippen molar-refractivity contribution in [3.8, 4) is 11.5 Å². The number of ether oxygens (including phenoxy) is 2. The SMILES string of the molecule is COc1cc(CN2CCN(c3nc(C)nc4c3CCCC4)CC2)cc(OC)c1. The molecule has 2 aliphatic rings. The highest BCUT2D eigenvalue weighted by atomic mass is 16.5. The van der Waals surface area contributed by atoms with Gasteiger partial charge in [-0.2, -0.15) is 0 Å². The summed E-state index contributed by atoms with van der Waals surface area (Å²) in [7, 11) is 3.39. The summed E-state index contributed by atoms with van der Waals surface area (Å²) in [6, 6.07) is 6.11. The van der Waals surface area contributed by atoms with Gasteiger partial charge < -0.3 is 14.4 Å². The van der Waals surface area contributed by atoms with Gasteiger partial charge in [-0.3, -0.25) is 4.90 Å². The highest BCUT2D eigenvalue weighted by molar-refractivity contribution is 5.50. The second-order valence-corrected chi connectivity index (χ2v) is 7.71. The van der Waals surface area contributed by atoms with Gasteiger partial charge in [-0.25, -0.2) is 9.97 Å². The van der Waals surface area contributed by atoms with Crippen LogP contribution in [0.25, 0.3) is 0 Å². The minimum absolute atomic E-state index is 0.844. The molecule has 150 valence electrons. The summed E-state index contributed by atoms with van der Waals surface area (Å²) < 4.78 is 10.8. The van der Waals surface area contributed by atoms with Crippen LogP contribution in [-0.2, 0) is 19.4 Å². The Labute approximate surface area is 167 Å². The number of hydrogen-bond acceptors (Lipinski definition) is 6. The molecule has 0 unspecified atom stereocenters. The first kappa shape index (κ1) is 19.0. The van der Waals surface area contributed by atoms with Crippen molar-refractivity contribution in [1.82, 2.24) is 14.9 Å². The third-order valence-corrected chi connectivity index (χ3v) is 5.76. The minimum Gasteiger partial charge on any atom is -0.497 e.